The summed E-state index contributed by atoms with van der Waals surface area (Å²) in [5.74, 6) is -4.27. The summed E-state index contributed by atoms with van der Waals surface area (Å²) in [4.78, 5) is 13.7. The molecule has 11 heteroatoms. The fraction of sp³-hybridized carbons (Fsp3) is 0.333. The van der Waals surface area contributed by atoms with Crippen molar-refractivity contribution in [2.45, 2.75) is 23.5 Å². The second kappa shape index (κ2) is 5.74. The Balaban J connectivity index is 3.43. The Hall–Kier alpha value is -1.06. The van der Waals surface area contributed by atoms with Gasteiger partial charge in [0.15, 0.2) is 5.03 Å². The summed E-state index contributed by atoms with van der Waals surface area (Å²) in [5, 5.41) is 7.18. The molecule has 0 aliphatic carbocycles. The third kappa shape index (κ3) is 4.22. The number of nitrogens with zero attached hydrogens (tertiary/aromatic N) is 1. The van der Waals surface area contributed by atoms with Gasteiger partial charge in [0.05, 0.1) is 17.1 Å². The number of aliphatic carboxylic acids is 1. The molecule has 1 heterocycles. The van der Waals surface area contributed by atoms with Gasteiger partial charge in [-0.1, -0.05) is 11.6 Å². The molecule has 0 saturated carbocycles. The SMILES string of the molecule is O=C(O)CC(c1nc(S(=O)(=O)Cl)ccc1Cl)C(F)(F)F. The van der Waals surface area contributed by atoms with Gasteiger partial charge in [0, 0.05) is 10.7 Å². The van der Waals surface area contributed by atoms with E-state index in [1.807, 2.05) is 0 Å². The Morgan fingerprint density at radius 1 is 1.40 bits per heavy atom. The van der Waals surface area contributed by atoms with Gasteiger partial charge in [0.1, 0.15) is 5.92 Å². The maximum Gasteiger partial charge on any atom is 0.397 e. The molecule has 0 fully saturated rings. The van der Waals surface area contributed by atoms with Crippen LogP contribution in [0.2, 0.25) is 5.02 Å². The first kappa shape index (κ1) is 17.0. The van der Waals surface area contributed by atoms with Crippen molar-refractivity contribution in [2.24, 2.45) is 0 Å². The summed E-state index contributed by atoms with van der Waals surface area (Å²) < 4.78 is 60.6. The average molecular weight is 352 g/mol. The van der Waals surface area contributed by atoms with Crippen LogP contribution in [0.25, 0.3) is 0 Å². The Morgan fingerprint density at radius 3 is 2.35 bits per heavy atom. The number of aromatic nitrogens is 1. The van der Waals surface area contributed by atoms with E-state index >= 15 is 0 Å². The summed E-state index contributed by atoms with van der Waals surface area (Å²) in [5.41, 5.74) is -0.900. The Morgan fingerprint density at radius 2 is 1.95 bits per heavy atom. The Kier molecular flexibility index (Phi) is 4.88. The predicted molar refractivity (Wildman–Crippen MR) is 63.3 cm³/mol. The van der Waals surface area contributed by atoms with Crippen LogP contribution in [0.5, 0.6) is 0 Å². The van der Waals surface area contributed by atoms with Gasteiger partial charge in [-0.3, -0.25) is 4.79 Å². The lowest BCUT2D eigenvalue weighted by molar-refractivity contribution is -0.164. The second-order valence-corrected chi connectivity index (χ2v) is 6.57. The number of hydrogen-bond acceptors (Lipinski definition) is 4. The molecule has 0 radical (unpaired) electrons. The van der Waals surface area contributed by atoms with Gasteiger partial charge in [-0.2, -0.15) is 13.2 Å². The van der Waals surface area contributed by atoms with E-state index in [-0.39, 0.29) is 0 Å². The van der Waals surface area contributed by atoms with Gasteiger partial charge >= 0.3 is 12.1 Å². The lowest BCUT2D eigenvalue weighted by Crippen LogP contribution is -2.25. The number of carboxylic acids is 1. The number of rotatable bonds is 4. The largest absolute Gasteiger partial charge is 0.481 e. The van der Waals surface area contributed by atoms with E-state index in [1.54, 1.807) is 0 Å². The third-order valence-electron chi connectivity index (χ3n) is 2.20. The van der Waals surface area contributed by atoms with E-state index in [4.69, 9.17) is 27.4 Å². The maximum atomic E-state index is 12.8. The molecule has 1 atom stereocenters. The van der Waals surface area contributed by atoms with E-state index in [9.17, 15) is 26.4 Å². The molecule has 1 rings (SSSR count). The molecule has 1 aromatic heterocycles. The molecular formula is C9H6Cl2F3NO4S. The lowest BCUT2D eigenvalue weighted by atomic mass is 10.00. The minimum absolute atomic E-state index is 0.502. The zero-order valence-electron chi connectivity index (χ0n) is 9.36. The zero-order valence-corrected chi connectivity index (χ0v) is 11.7. The quantitative estimate of drug-likeness (QED) is 0.843. The summed E-state index contributed by atoms with van der Waals surface area (Å²) in [6.45, 7) is 0. The molecule has 0 spiro atoms. The minimum atomic E-state index is -4.95. The highest BCUT2D eigenvalue weighted by Gasteiger charge is 2.44. The topological polar surface area (TPSA) is 84.3 Å². The number of halogens is 5. The van der Waals surface area contributed by atoms with Crippen LogP contribution in [0.15, 0.2) is 17.2 Å². The molecule has 5 nitrogen and oxygen atoms in total. The molecule has 0 amide bonds. The van der Waals surface area contributed by atoms with E-state index in [0.717, 1.165) is 12.1 Å². The van der Waals surface area contributed by atoms with Gasteiger partial charge in [-0.05, 0) is 12.1 Å². The summed E-state index contributed by atoms with van der Waals surface area (Å²) >= 11 is 5.54. The van der Waals surface area contributed by atoms with Crippen molar-refractivity contribution in [1.29, 1.82) is 0 Å². The molecule has 0 aromatic carbocycles. The molecule has 0 aliphatic rings. The van der Waals surface area contributed by atoms with E-state index < -0.39 is 49.3 Å². The van der Waals surface area contributed by atoms with Crippen molar-refractivity contribution in [1.82, 2.24) is 4.98 Å². The molecule has 1 unspecified atom stereocenters. The molecule has 112 valence electrons. The Bertz CT molecular complexity index is 633. The van der Waals surface area contributed by atoms with Crippen molar-refractivity contribution in [3.05, 3.63) is 22.8 Å². The van der Waals surface area contributed by atoms with Crippen molar-refractivity contribution in [3.8, 4) is 0 Å². The fourth-order valence-electron chi connectivity index (χ4n) is 1.36. The monoisotopic (exact) mass is 351 g/mol. The molecule has 0 saturated heterocycles. The van der Waals surface area contributed by atoms with E-state index in [0.29, 0.717) is 0 Å². The second-order valence-electron chi connectivity index (χ2n) is 3.65. The van der Waals surface area contributed by atoms with E-state index in [1.165, 1.54) is 0 Å². The van der Waals surface area contributed by atoms with Gasteiger partial charge in [-0.25, -0.2) is 13.4 Å². The van der Waals surface area contributed by atoms with Crippen LogP contribution in [0, 0.1) is 0 Å². The summed E-state index contributed by atoms with van der Waals surface area (Å²) in [7, 11) is 0.615. The maximum absolute atomic E-state index is 12.8. The van der Waals surface area contributed by atoms with Crippen LogP contribution in [0.3, 0.4) is 0 Å². The Labute approximate surface area is 120 Å². The van der Waals surface area contributed by atoms with Crippen LogP contribution >= 0.6 is 22.3 Å². The summed E-state index contributed by atoms with van der Waals surface area (Å²) in [6.07, 6.45) is -6.29. The third-order valence-corrected chi connectivity index (χ3v) is 3.72. The number of carbonyl (C=O) groups is 1. The molecule has 20 heavy (non-hydrogen) atoms. The number of hydrogen-bond donors (Lipinski definition) is 1. The van der Waals surface area contributed by atoms with Crippen LogP contribution in [0.1, 0.15) is 18.0 Å². The number of pyridine rings is 1. The summed E-state index contributed by atoms with van der Waals surface area (Å²) in [6, 6.07) is 1.68. The first-order valence-corrected chi connectivity index (χ1v) is 7.51. The molecular weight excluding hydrogens is 346 g/mol. The minimum Gasteiger partial charge on any atom is -0.481 e. The van der Waals surface area contributed by atoms with Crippen LogP contribution in [-0.4, -0.2) is 30.7 Å². The molecule has 1 N–H and O–H groups in total. The fourth-order valence-corrected chi connectivity index (χ4v) is 2.29. The average Bonchev–Trinajstić information content (AvgIpc) is 2.23. The highest BCUT2D eigenvalue weighted by molar-refractivity contribution is 8.13. The van der Waals surface area contributed by atoms with Gasteiger partial charge in [0.2, 0.25) is 0 Å². The number of alkyl halides is 3. The van der Waals surface area contributed by atoms with Gasteiger partial charge in [-0.15, -0.1) is 0 Å². The van der Waals surface area contributed by atoms with Crippen LogP contribution < -0.4 is 0 Å². The van der Waals surface area contributed by atoms with Gasteiger partial charge < -0.3 is 5.11 Å². The smallest absolute Gasteiger partial charge is 0.397 e. The van der Waals surface area contributed by atoms with Crippen molar-refractivity contribution in [2.75, 3.05) is 0 Å². The highest BCUT2D eigenvalue weighted by atomic mass is 35.7. The molecule has 1 aromatic rings. The predicted octanol–water partition coefficient (Wildman–Crippen LogP) is 2.78. The van der Waals surface area contributed by atoms with Crippen molar-refractivity contribution in [3.63, 3.8) is 0 Å². The number of carboxylic acid groups (broad SMARTS) is 1. The molecule has 0 aliphatic heterocycles. The zero-order chi connectivity index (χ0) is 15.7. The highest BCUT2D eigenvalue weighted by Crippen LogP contribution is 2.39. The van der Waals surface area contributed by atoms with E-state index in [2.05, 4.69) is 4.98 Å². The first-order chi connectivity index (χ1) is 8.93. The first-order valence-electron chi connectivity index (χ1n) is 4.82. The van der Waals surface area contributed by atoms with Crippen molar-refractivity contribution >= 4 is 37.3 Å². The van der Waals surface area contributed by atoms with Gasteiger partial charge in [0.25, 0.3) is 9.05 Å². The normalized spacial score (nSPS) is 14.1. The standard InChI is InChI=1S/C9H6Cl2F3NO4S/c10-5-1-2-6(20(11,18)19)15-8(5)4(3-7(16)17)9(12,13)14/h1-2,4H,3H2,(H,16,17). The lowest BCUT2D eigenvalue weighted by Gasteiger charge is -2.19. The van der Waals surface area contributed by atoms with Crippen LogP contribution in [0.4, 0.5) is 13.2 Å². The van der Waals surface area contributed by atoms with Crippen molar-refractivity contribution < 1.29 is 31.5 Å². The van der Waals surface area contributed by atoms with Crippen LogP contribution in [-0.2, 0) is 13.8 Å². The molecule has 0 bridgehead atoms.